The average molecular weight is 361 g/mol. The lowest BCUT2D eigenvalue weighted by Crippen LogP contribution is -2.00. The van der Waals surface area contributed by atoms with Crippen molar-refractivity contribution in [1.29, 1.82) is 0 Å². The number of hydrogen-bond acceptors (Lipinski definition) is 4. The van der Waals surface area contributed by atoms with Crippen LogP contribution in [0.25, 0.3) is 0 Å². The maximum atomic E-state index is 6.22. The molecule has 122 valence electrons. The first-order valence-corrected chi connectivity index (χ1v) is 7.99. The molecule has 0 N–H and O–H groups in total. The molecule has 0 amide bonds. The number of hydrogen-bond donors (Lipinski definition) is 0. The molecule has 3 aromatic rings. The van der Waals surface area contributed by atoms with Crippen LogP contribution in [0.4, 0.5) is 0 Å². The first-order chi connectivity index (χ1) is 11.7. The second kappa shape index (κ2) is 7.51. The first-order valence-electron chi connectivity index (χ1n) is 7.23. The smallest absolute Gasteiger partial charge is 0.201 e. The molecule has 4 nitrogen and oxygen atoms in total. The van der Waals surface area contributed by atoms with Crippen LogP contribution in [0.5, 0.6) is 17.2 Å². The van der Waals surface area contributed by atoms with Crippen LogP contribution in [-0.4, -0.2) is 17.1 Å². The lowest BCUT2D eigenvalue weighted by molar-refractivity contribution is 0.414. The summed E-state index contributed by atoms with van der Waals surface area (Å²) in [6.07, 6.45) is 0.488. The second-order valence-electron chi connectivity index (χ2n) is 4.99. The monoisotopic (exact) mass is 360 g/mol. The summed E-state index contributed by atoms with van der Waals surface area (Å²) >= 11 is 12.4. The Bertz CT molecular complexity index is 818. The molecule has 1 aromatic heterocycles. The van der Waals surface area contributed by atoms with E-state index in [9.17, 15) is 0 Å². The molecule has 3 rings (SSSR count). The van der Waals surface area contributed by atoms with Gasteiger partial charge in [-0.25, -0.2) is 9.97 Å². The van der Waals surface area contributed by atoms with Gasteiger partial charge in [0.1, 0.15) is 17.3 Å². The van der Waals surface area contributed by atoms with Crippen molar-refractivity contribution >= 4 is 23.2 Å². The minimum atomic E-state index is 0.178. The summed E-state index contributed by atoms with van der Waals surface area (Å²) in [5, 5.41) is 0.355. The first kappa shape index (κ1) is 16.6. The van der Waals surface area contributed by atoms with Gasteiger partial charge >= 0.3 is 0 Å². The normalized spacial score (nSPS) is 10.5. The minimum absolute atomic E-state index is 0.178. The maximum absolute atomic E-state index is 6.22. The third kappa shape index (κ3) is 3.96. The van der Waals surface area contributed by atoms with Crippen molar-refractivity contribution in [1.82, 2.24) is 9.97 Å². The van der Waals surface area contributed by atoms with E-state index < -0.39 is 0 Å². The van der Waals surface area contributed by atoms with E-state index in [4.69, 9.17) is 32.7 Å². The maximum Gasteiger partial charge on any atom is 0.201 e. The summed E-state index contributed by atoms with van der Waals surface area (Å²) in [5.74, 6) is 2.15. The molecule has 0 radical (unpaired) electrons. The topological polar surface area (TPSA) is 44.2 Å². The number of halogens is 2. The van der Waals surface area contributed by atoms with Crippen LogP contribution < -0.4 is 9.47 Å². The molecule has 0 atom stereocenters. The number of ether oxygens (including phenoxy) is 2. The van der Waals surface area contributed by atoms with E-state index in [2.05, 4.69) is 9.97 Å². The average Bonchev–Trinajstić information content (AvgIpc) is 2.59. The molecule has 0 aliphatic carbocycles. The Labute approximate surface area is 150 Å². The molecule has 1 heterocycles. The van der Waals surface area contributed by atoms with Gasteiger partial charge in [-0.05, 0) is 29.8 Å². The Morgan fingerprint density at radius 2 is 1.54 bits per heavy atom. The molecule has 24 heavy (non-hydrogen) atoms. The highest BCUT2D eigenvalue weighted by Gasteiger charge is 2.14. The van der Waals surface area contributed by atoms with Crippen molar-refractivity contribution in [3.8, 4) is 17.2 Å². The van der Waals surface area contributed by atoms with Crippen LogP contribution in [0.1, 0.15) is 11.4 Å². The number of aromatic nitrogens is 2. The highest BCUT2D eigenvalue weighted by atomic mass is 35.5. The fraction of sp³-hybridized carbons (Fsp3) is 0.111. The number of methoxy groups -OCH3 is 1. The van der Waals surface area contributed by atoms with Crippen molar-refractivity contribution in [3.63, 3.8) is 0 Å². The van der Waals surface area contributed by atoms with E-state index in [1.54, 1.807) is 19.2 Å². The largest absolute Gasteiger partial charge is 0.497 e. The van der Waals surface area contributed by atoms with Gasteiger partial charge in [-0.15, -0.1) is 0 Å². The quantitative estimate of drug-likeness (QED) is 0.588. The molecule has 0 bridgehead atoms. The third-order valence-corrected chi connectivity index (χ3v) is 3.80. The summed E-state index contributed by atoms with van der Waals surface area (Å²) in [4.78, 5) is 8.57. The van der Waals surface area contributed by atoms with Crippen LogP contribution in [0.15, 0.2) is 54.6 Å². The van der Waals surface area contributed by atoms with E-state index in [0.717, 1.165) is 11.3 Å². The minimum Gasteiger partial charge on any atom is -0.497 e. The van der Waals surface area contributed by atoms with Gasteiger partial charge in [-0.2, -0.15) is 0 Å². The Balaban J connectivity index is 1.84. The van der Waals surface area contributed by atoms with Crippen LogP contribution in [0.2, 0.25) is 10.3 Å². The molecule has 2 aromatic carbocycles. The van der Waals surface area contributed by atoms with Gasteiger partial charge in [0.15, 0.2) is 10.3 Å². The SMILES string of the molecule is COc1cccc(Cc2nc(Cl)c(Oc3ccccc3)c(Cl)n2)c1. The summed E-state index contributed by atoms with van der Waals surface area (Å²) in [7, 11) is 1.62. The third-order valence-electron chi connectivity index (χ3n) is 3.29. The highest BCUT2D eigenvalue weighted by molar-refractivity contribution is 6.35. The molecule has 0 saturated carbocycles. The van der Waals surface area contributed by atoms with Crippen LogP contribution in [-0.2, 0) is 6.42 Å². The van der Waals surface area contributed by atoms with E-state index in [0.29, 0.717) is 18.0 Å². The lowest BCUT2D eigenvalue weighted by Gasteiger charge is -2.10. The highest BCUT2D eigenvalue weighted by Crippen LogP contribution is 2.34. The molecule has 0 fully saturated rings. The van der Waals surface area contributed by atoms with Crippen molar-refractivity contribution < 1.29 is 9.47 Å². The molecular weight excluding hydrogens is 347 g/mol. The molecule has 0 saturated heterocycles. The van der Waals surface area contributed by atoms with Crippen LogP contribution in [0.3, 0.4) is 0 Å². The van der Waals surface area contributed by atoms with Crippen molar-refractivity contribution in [2.75, 3.05) is 7.11 Å². The Kier molecular flexibility index (Phi) is 5.18. The van der Waals surface area contributed by atoms with Gasteiger partial charge in [-0.3, -0.25) is 0 Å². The number of para-hydroxylation sites is 1. The number of nitrogens with zero attached hydrogens (tertiary/aromatic N) is 2. The van der Waals surface area contributed by atoms with Crippen molar-refractivity contribution in [2.45, 2.75) is 6.42 Å². The zero-order chi connectivity index (χ0) is 16.9. The second-order valence-corrected chi connectivity index (χ2v) is 5.71. The number of rotatable bonds is 5. The van der Waals surface area contributed by atoms with E-state index in [-0.39, 0.29) is 16.1 Å². The van der Waals surface area contributed by atoms with E-state index in [1.165, 1.54) is 0 Å². The predicted octanol–water partition coefficient (Wildman–Crippen LogP) is 5.18. The molecule has 6 heteroatoms. The fourth-order valence-corrected chi connectivity index (χ4v) is 2.67. The molecule has 0 spiro atoms. The van der Waals surface area contributed by atoms with Crippen LogP contribution >= 0.6 is 23.2 Å². The van der Waals surface area contributed by atoms with Crippen molar-refractivity contribution in [3.05, 3.63) is 76.3 Å². The fourth-order valence-electron chi connectivity index (χ4n) is 2.17. The summed E-state index contributed by atoms with van der Waals surface area (Å²) < 4.78 is 10.9. The van der Waals surface area contributed by atoms with Gasteiger partial charge < -0.3 is 9.47 Å². The van der Waals surface area contributed by atoms with E-state index in [1.807, 2.05) is 42.5 Å². The van der Waals surface area contributed by atoms with E-state index >= 15 is 0 Å². The molecular formula is C18H14Cl2N2O2. The van der Waals surface area contributed by atoms with Gasteiger partial charge in [0.25, 0.3) is 0 Å². The van der Waals surface area contributed by atoms with Gasteiger partial charge in [0.2, 0.25) is 5.75 Å². The molecule has 0 aliphatic heterocycles. The van der Waals surface area contributed by atoms with Gasteiger partial charge in [0, 0.05) is 6.42 Å². The Morgan fingerprint density at radius 1 is 0.875 bits per heavy atom. The summed E-state index contributed by atoms with van der Waals surface area (Å²) in [5.41, 5.74) is 0.998. The lowest BCUT2D eigenvalue weighted by atomic mass is 10.1. The zero-order valence-corrected chi connectivity index (χ0v) is 14.4. The van der Waals surface area contributed by atoms with Crippen molar-refractivity contribution in [2.24, 2.45) is 0 Å². The van der Waals surface area contributed by atoms with Crippen LogP contribution in [0, 0.1) is 0 Å². The summed E-state index contributed by atoms with van der Waals surface area (Å²) in [6.45, 7) is 0. The Morgan fingerprint density at radius 3 is 2.21 bits per heavy atom. The Hall–Kier alpha value is -2.30. The van der Waals surface area contributed by atoms with Gasteiger partial charge in [0.05, 0.1) is 7.11 Å². The summed E-state index contributed by atoms with van der Waals surface area (Å²) in [6, 6.07) is 16.9. The standard InChI is InChI=1S/C18H14Cl2N2O2/c1-23-14-9-5-6-12(10-14)11-15-21-17(19)16(18(20)22-15)24-13-7-3-2-4-8-13/h2-10H,11H2,1H3. The van der Waals surface area contributed by atoms with Gasteiger partial charge in [-0.1, -0.05) is 53.5 Å². The molecule has 0 unspecified atom stereocenters. The molecule has 0 aliphatic rings. The predicted molar refractivity (Wildman–Crippen MR) is 94.4 cm³/mol. The zero-order valence-electron chi connectivity index (χ0n) is 12.9. The number of benzene rings is 2.